The van der Waals surface area contributed by atoms with Gasteiger partial charge in [-0.2, -0.15) is 18.4 Å². The number of methoxy groups -OCH3 is 2. The van der Waals surface area contributed by atoms with Gasteiger partial charge in [0.2, 0.25) is 23.6 Å². The van der Waals surface area contributed by atoms with Crippen molar-refractivity contribution in [1.82, 2.24) is 24.6 Å². The number of aromatic nitrogens is 3. The number of sulfonamides is 1. The predicted molar refractivity (Wildman–Crippen MR) is 172 cm³/mol. The van der Waals surface area contributed by atoms with Gasteiger partial charge in [-0.15, -0.1) is 11.6 Å². The van der Waals surface area contributed by atoms with Crippen molar-refractivity contribution < 1.29 is 37.0 Å². The molecule has 0 aliphatic heterocycles. The molecule has 46 heavy (non-hydrogen) atoms. The smallest absolute Gasteiger partial charge is 0.335 e. The Hall–Kier alpha value is -4.54. The van der Waals surface area contributed by atoms with E-state index in [4.69, 9.17) is 25.8 Å². The lowest BCUT2D eigenvalue weighted by molar-refractivity contribution is -0.117. The predicted octanol–water partition coefficient (Wildman–Crippen LogP) is 3.22. The summed E-state index contributed by atoms with van der Waals surface area (Å²) in [6.45, 7) is 6.79. The molecule has 0 fully saturated rings. The van der Waals surface area contributed by atoms with Gasteiger partial charge in [-0.25, -0.2) is 14.5 Å². The van der Waals surface area contributed by atoms with Gasteiger partial charge in [0.15, 0.2) is 5.03 Å². The summed E-state index contributed by atoms with van der Waals surface area (Å²) in [5.74, 6) is -0.828. The molecule has 2 heterocycles. The van der Waals surface area contributed by atoms with Crippen LogP contribution in [0.15, 0.2) is 47.6 Å². The third kappa shape index (κ3) is 10.3. The van der Waals surface area contributed by atoms with E-state index in [1.807, 2.05) is 32.0 Å². The molecule has 15 nitrogen and oxygen atoms in total. The van der Waals surface area contributed by atoms with Gasteiger partial charge in [0.25, 0.3) is 15.9 Å². The summed E-state index contributed by atoms with van der Waals surface area (Å²) in [6, 6.07) is 8.93. The van der Waals surface area contributed by atoms with Gasteiger partial charge in [0, 0.05) is 26.9 Å². The van der Waals surface area contributed by atoms with Crippen LogP contribution in [-0.2, 0) is 26.0 Å². The van der Waals surface area contributed by atoms with Gasteiger partial charge in [0.1, 0.15) is 12.6 Å². The zero-order valence-electron chi connectivity index (χ0n) is 26.7. The van der Waals surface area contributed by atoms with E-state index in [9.17, 15) is 22.8 Å². The molecule has 0 saturated heterocycles. The molecule has 1 aromatic carbocycles. The second-order valence-corrected chi connectivity index (χ2v) is 11.3. The molecule has 0 aliphatic carbocycles. The first-order valence-corrected chi connectivity index (χ1v) is 15.8. The van der Waals surface area contributed by atoms with Gasteiger partial charge in [-0.1, -0.05) is 25.1 Å². The van der Waals surface area contributed by atoms with Gasteiger partial charge in [-0.3, -0.25) is 19.8 Å². The molecule has 0 spiro atoms. The molecule has 2 aromatic heterocycles. The first kappa shape index (κ1) is 37.6. The second kappa shape index (κ2) is 17.8. The number of amides is 4. The highest BCUT2D eigenvalue weighted by Gasteiger charge is 2.27. The van der Waals surface area contributed by atoms with E-state index >= 15 is 0 Å². The maximum absolute atomic E-state index is 12.5. The van der Waals surface area contributed by atoms with Crippen LogP contribution in [0, 0.1) is 6.92 Å². The SMILES string of the molecule is CCOCN(C(=O)CCl)c1c(C)cccc1CC.COc1cc(OC)nc(NC(=O)NS(=O)(=O)c2ncccc2C(=O)N(C)C)n1. The zero-order valence-corrected chi connectivity index (χ0v) is 28.2. The van der Waals surface area contributed by atoms with Crippen molar-refractivity contribution in [2.45, 2.75) is 32.2 Å². The van der Waals surface area contributed by atoms with Crippen molar-refractivity contribution in [2.24, 2.45) is 0 Å². The lowest BCUT2D eigenvalue weighted by Crippen LogP contribution is -2.36. The maximum atomic E-state index is 12.5. The Labute approximate surface area is 273 Å². The number of nitrogens with one attached hydrogen (secondary N) is 2. The average Bonchev–Trinajstić information content (AvgIpc) is 3.04. The Kier molecular flexibility index (Phi) is 14.6. The third-order valence-electron chi connectivity index (χ3n) is 6.02. The molecule has 2 N–H and O–H groups in total. The fraction of sp³-hybridized carbons (Fsp3) is 0.379. The monoisotopic (exact) mass is 679 g/mol. The summed E-state index contributed by atoms with van der Waals surface area (Å²) >= 11 is 5.68. The molecule has 0 saturated carbocycles. The van der Waals surface area contributed by atoms with Gasteiger partial charge < -0.3 is 19.1 Å². The molecule has 3 rings (SSSR count). The Morgan fingerprint density at radius 1 is 1.00 bits per heavy atom. The number of ether oxygens (including phenoxy) is 3. The van der Waals surface area contributed by atoms with Crippen LogP contribution >= 0.6 is 11.6 Å². The van der Waals surface area contributed by atoms with Crippen LogP contribution < -0.4 is 24.4 Å². The van der Waals surface area contributed by atoms with E-state index in [-0.39, 0.29) is 41.8 Å². The molecular formula is C29H38ClN7O8S. The highest BCUT2D eigenvalue weighted by atomic mass is 35.5. The van der Waals surface area contributed by atoms with E-state index in [2.05, 4.69) is 27.2 Å². The van der Waals surface area contributed by atoms with Crippen molar-refractivity contribution in [2.75, 3.05) is 57.7 Å². The standard InChI is InChI=1S/C15H18N6O6S.C14H20ClNO2/c1-21(2)13(22)9-6-5-7-16-12(9)28(24,25)20-15(23)19-14-17-10(26-3)8-11(18-14)27-4;1-4-12-8-6-7-11(3)14(12)16(10-18-5-2)13(17)9-15/h5-8H,1-4H3,(H2,17,18,19,20,23);6-8H,4-5,9-10H2,1-3H3. The van der Waals surface area contributed by atoms with E-state index in [0.717, 1.165) is 23.2 Å². The molecule has 0 unspecified atom stereocenters. The number of nitrogens with zero attached hydrogens (tertiary/aromatic N) is 5. The van der Waals surface area contributed by atoms with Crippen molar-refractivity contribution in [3.8, 4) is 11.8 Å². The van der Waals surface area contributed by atoms with E-state index < -0.39 is 27.0 Å². The number of alkyl halides is 1. The second-order valence-electron chi connectivity index (χ2n) is 9.41. The summed E-state index contributed by atoms with van der Waals surface area (Å²) < 4.78 is 42.1. The molecule has 3 aromatic rings. The van der Waals surface area contributed by atoms with Gasteiger partial charge >= 0.3 is 6.03 Å². The number of urea groups is 1. The summed E-state index contributed by atoms with van der Waals surface area (Å²) in [7, 11) is 1.15. The van der Waals surface area contributed by atoms with Crippen LogP contribution in [0.2, 0.25) is 0 Å². The Morgan fingerprint density at radius 3 is 2.20 bits per heavy atom. The lowest BCUT2D eigenvalue weighted by atomic mass is 10.0. The number of aryl methyl sites for hydroxylation is 2. The molecule has 4 amide bonds. The maximum Gasteiger partial charge on any atom is 0.335 e. The normalized spacial score (nSPS) is 10.6. The number of para-hydroxylation sites is 1. The first-order valence-electron chi connectivity index (χ1n) is 13.8. The molecule has 0 atom stereocenters. The highest BCUT2D eigenvalue weighted by molar-refractivity contribution is 7.90. The number of hydrogen-bond acceptors (Lipinski definition) is 11. The van der Waals surface area contributed by atoms with Crippen LogP contribution in [0.5, 0.6) is 11.8 Å². The Morgan fingerprint density at radius 2 is 1.65 bits per heavy atom. The average molecular weight is 680 g/mol. The van der Waals surface area contributed by atoms with Crippen LogP contribution in [-0.4, -0.2) is 93.6 Å². The number of halogens is 1. The minimum absolute atomic E-state index is 0.0371. The summed E-state index contributed by atoms with van der Waals surface area (Å²) in [5.41, 5.74) is 2.94. The third-order valence-corrected chi connectivity index (χ3v) is 7.54. The number of carbonyl (C=O) groups is 3. The van der Waals surface area contributed by atoms with Gasteiger partial charge in [0.05, 0.1) is 31.5 Å². The van der Waals surface area contributed by atoms with E-state index in [1.54, 1.807) is 9.62 Å². The molecule has 0 radical (unpaired) electrons. The number of rotatable bonds is 12. The fourth-order valence-electron chi connectivity index (χ4n) is 3.88. The molecular weight excluding hydrogens is 642 g/mol. The number of anilines is 2. The van der Waals surface area contributed by atoms with Crippen LogP contribution in [0.25, 0.3) is 0 Å². The molecule has 0 aliphatic rings. The van der Waals surface area contributed by atoms with Crippen LogP contribution in [0.3, 0.4) is 0 Å². The number of pyridine rings is 1. The van der Waals surface area contributed by atoms with Crippen molar-refractivity contribution in [1.29, 1.82) is 0 Å². The minimum Gasteiger partial charge on any atom is -0.481 e. The largest absolute Gasteiger partial charge is 0.481 e. The van der Waals surface area contributed by atoms with Crippen molar-refractivity contribution in [3.05, 3.63) is 59.3 Å². The number of hydrogen-bond donors (Lipinski definition) is 2. The molecule has 0 bridgehead atoms. The Balaban J connectivity index is 0.000000353. The zero-order chi connectivity index (χ0) is 34.4. The van der Waals surface area contributed by atoms with Gasteiger partial charge in [-0.05, 0) is 43.5 Å². The quantitative estimate of drug-likeness (QED) is 0.212. The van der Waals surface area contributed by atoms with E-state index in [0.29, 0.717) is 6.61 Å². The molecule has 250 valence electrons. The Bertz CT molecular complexity index is 1600. The molecule has 17 heteroatoms. The summed E-state index contributed by atoms with van der Waals surface area (Å²) in [5, 5.41) is 1.56. The van der Waals surface area contributed by atoms with Crippen molar-refractivity contribution >= 4 is 51.1 Å². The lowest BCUT2D eigenvalue weighted by Gasteiger charge is -2.25. The summed E-state index contributed by atoms with van der Waals surface area (Å²) in [6.07, 6.45) is 2.06. The van der Waals surface area contributed by atoms with E-state index in [1.165, 1.54) is 57.6 Å². The summed E-state index contributed by atoms with van der Waals surface area (Å²) in [4.78, 5) is 50.5. The van der Waals surface area contributed by atoms with Crippen LogP contribution in [0.4, 0.5) is 16.4 Å². The van der Waals surface area contributed by atoms with Crippen molar-refractivity contribution in [3.63, 3.8) is 0 Å². The topological polar surface area (TPSA) is 182 Å². The fourth-order valence-corrected chi connectivity index (χ4v) is 5.06. The minimum atomic E-state index is -4.46. The first-order chi connectivity index (χ1) is 21.8. The number of carbonyl (C=O) groups excluding carboxylic acids is 3. The number of benzene rings is 1. The highest BCUT2D eigenvalue weighted by Crippen LogP contribution is 2.26. The van der Waals surface area contributed by atoms with Crippen LogP contribution in [0.1, 0.15) is 35.3 Å².